The number of nitrogens with zero attached hydrogens (tertiary/aromatic N) is 3. The molecule has 0 aliphatic heterocycles. The van der Waals surface area contributed by atoms with E-state index in [1.807, 2.05) is 51.1 Å². The summed E-state index contributed by atoms with van der Waals surface area (Å²) in [6, 6.07) is 14.8. The van der Waals surface area contributed by atoms with Crippen LogP contribution in [0.4, 0.5) is 22.1 Å². The number of benzene rings is 2. The number of fused-ring (bicyclic) bond motifs is 1. The minimum absolute atomic E-state index is 0.143. The molecule has 0 bridgehead atoms. The monoisotopic (exact) mass is 487 g/mol. The molecule has 0 aliphatic carbocycles. The Kier molecular flexibility index (Phi) is 6.95. The summed E-state index contributed by atoms with van der Waals surface area (Å²) < 4.78 is 11.5. The number of hydrogen-bond acceptors (Lipinski definition) is 8. The van der Waals surface area contributed by atoms with Crippen molar-refractivity contribution in [2.45, 2.75) is 33.0 Å². The topological polar surface area (TPSA) is 136 Å². The number of carbonyl (C=O) groups excluding carboxylic acids is 1. The second-order valence-corrected chi connectivity index (χ2v) is 8.84. The molecule has 36 heavy (non-hydrogen) atoms. The van der Waals surface area contributed by atoms with Crippen LogP contribution in [-0.2, 0) is 11.3 Å². The molecule has 0 radical (unpaired) electrons. The first kappa shape index (κ1) is 24.4. The molecular weight excluding hydrogens is 462 g/mol. The number of rotatable bonds is 7. The first-order valence-electron chi connectivity index (χ1n) is 11.1. The highest BCUT2D eigenvalue weighted by Crippen LogP contribution is 2.32. The Morgan fingerprint density at radius 2 is 1.72 bits per heavy atom. The van der Waals surface area contributed by atoms with Gasteiger partial charge in [0, 0.05) is 17.0 Å². The number of hydrogen-bond donors (Lipinski definition) is 3. The number of carboxylic acid groups (broad SMARTS) is 1. The van der Waals surface area contributed by atoms with E-state index in [1.165, 1.54) is 12.4 Å². The summed E-state index contributed by atoms with van der Waals surface area (Å²) in [5, 5.41) is 16.4. The second kappa shape index (κ2) is 10.3. The first-order chi connectivity index (χ1) is 17.2. The molecule has 0 atom stereocenters. The van der Waals surface area contributed by atoms with Crippen LogP contribution in [0.1, 0.15) is 36.8 Å². The van der Waals surface area contributed by atoms with Crippen molar-refractivity contribution in [3.05, 3.63) is 78.4 Å². The molecule has 0 unspecified atom stereocenters. The van der Waals surface area contributed by atoms with Crippen LogP contribution >= 0.6 is 0 Å². The minimum Gasteiger partial charge on any atom is -0.488 e. The molecule has 0 saturated carbocycles. The van der Waals surface area contributed by atoms with E-state index in [9.17, 15) is 9.59 Å². The van der Waals surface area contributed by atoms with E-state index in [0.29, 0.717) is 23.1 Å². The highest BCUT2D eigenvalue weighted by molar-refractivity contribution is 6.02. The molecule has 0 fully saturated rings. The lowest BCUT2D eigenvalue weighted by atomic mass is 10.1. The zero-order chi connectivity index (χ0) is 25.7. The molecule has 0 saturated heterocycles. The van der Waals surface area contributed by atoms with Crippen LogP contribution in [0.25, 0.3) is 10.8 Å². The Morgan fingerprint density at radius 3 is 2.42 bits per heavy atom. The molecule has 10 nitrogen and oxygen atoms in total. The molecule has 10 heteroatoms. The SMILES string of the molecule is CC(C)(C)OC(=O)Nc1ccc(OCc2ccnc(Nc3cnc(C(=O)O)cn3)c2)c2ccccc12. The normalized spacial score (nSPS) is 11.1. The van der Waals surface area contributed by atoms with Gasteiger partial charge >= 0.3 is 12.1 Å². The average Bonchev–Trinajstić information content (AvgIpc) is 2.83. The van der Waals surface area contributed by atoms with E-state index >= 15 is 0 Å². The molecule has 0 aliphatic rings. The van der Waals surface area contributed by atoms with Gasteiger partial charge in [-0.2, -0.15) is 0 Å². The standard InChI is InChI=1S/C26H25N5O5/c1-26(2,3)36-25(34)30-19-8-9-21(18-7-5-4-6-17(18)19)35-15-16-10-11-27-22(12-16)31-23-14-28-20(13-29-23)24(32)33/h4-14H,15H2,1-3H3,(H,30,34)(H,32,33)(H,27,29,31). The molecule has 184 valence electrons. The molecule has 2 aromatic heterocycles. The minimum atomic E-state index is -1.15. The summed E-state index contributed by atoms with van der Waals surface area (Å²) in [5.74, 6) is 0.383. The molecule has 1 amide bonds. The summed E-state index contributed by atoms with van der Waals surface area (Å²) in [6.45, 7) is 5.70. The largest absolute Gasteiger partial charge is 0.488 e. The van der Waals surface area contributed by atoms with Gasteiger partial charge in [0.1, 0.15) is 29.6 Å². The lowest BCUT2D eigenvalue weighted by Gasteiger charge is -2.20. The fourth-order valence-electron chi connectivity index (χ4n) is 3.35. The lowest BCUT2D eigenvalue weighted by molar-refractivity contribution is 0.0634. The van der Waals surface area contributed by atoms with Crippen molar-refractivity contribution in [1.82, 2.24) is 15.0 Å². The number of nitrogens with one attached hydrogen (secondary N) is 2. The van der Waals surface area contributed by atoms with Crippen molar-refractivity contribution < 1.29 is 24.2 Å². The van der Waals surface area contributed by atoms with Gasteiger partial charge < -0.3 is 19.9 Å². The van der Waals surface area contributed by atoms with Crippen LogP contribution in [0.2, 0.25) is 0 Å². The van der Waals surface area contributed by atoms with Gasteiger partial charge in [-0.15, -0.1) is 0 Å². The number of carbonyl (C=O) groups is 2. The highest BCUT2D eigenvalue weighted by Gasteiger charge is 2.17. The van der Waals surface area contributed by atoms with Gasteiger partial charge in [-0.3, -0.25) is 5.32 Å². The summed E-state index contributed by atoms with van der Waals surface area (Å²) in [7, 11) is 0. The average molecular weight is 488 g/mol. The van der Waals surface area contributed by atoms with E-state index in [2.05, 4.69) is 25.6 Å². The molecule has 2 aromatic carbocycles. The van der Waals surface area contributed by atoms with Gasteiger partial charge in [-0.1, -0.05) is 24.3 Å². The highest BCUT2D eigenvalue weighted by atomic mass is 16.6. The van der Waals surface area contributed by atoms with Crippen molar-refractivity contribution in [1.29, 1.82) is 0 Å². The van der Waals surface area contributed by atoms with E-state index in [1.54, 1.807) is 24.4 Å². The number of anilines is 3. The van der Waals surface area contributed by atoms with Crippen LogP contribution < -0.4 is 15.4 Å². The Hall–Kier alpha value is -4.73. The molecule has 2 heterocycles. The Labute approximate surface area is 207 Å². The van der Waals surface area contributed by atoms with Crippen molar-refractivity contribution in [3.8, 4) is 5.75 Å². The molecule has 4 rings (SSSR count). The van der Waals surface area contributed by atoms with Crippen LogP contribution in [0.3, 0.4) is 0 Å². The maximum absolute atomic E-state index is 12.3. The zero-order valence-corrected chi connectivity index (χ0v) is 20.0. The molecule has 3 N–H and O–H groups in total. The van der Waals surface area contributed by atoms with Crippen molar-refractivity contribution in [2.24, 2.45) is 0 Å². The third kappa shape index (κ3) is 6.23. The molecular formula is C26H25N5O5. The quantitative estimate of drug-likeness (QED) is 0.313. The van der Waals surface area contributed by atoms with Gasteiger partial charge in [-0.25, -0.2) is 24.5 Å². The first-order valence-corrected chi connectivity index (χ1v) is 11.1. The lowest BCUT2D eigenvalue weighted by Crippen LogP contribution is -2.27. The Balaban J connectivity index is 1.47. The number of amides is 1. The van der Waals surface area contributed by atoms with Crippen LogP contribution in [0.15, 0.2) is 67.1 Å². The maximum atomic E-state index is 12.3. The van der Waals surface area contributed by atoms with E-state index in [-0.39, 0.29) is 12.3 Å². The van der Waals surface area contributed by atoms with Gasteiger partial charge in [0.2, 0.25) is 0 Å². The zero-order valence-electron chi connectivity index (χ0n) is 20.0. The van der Waals surface area contributed by atoms with Gasteiger partial charge in [0.15, 0.2) is 5.69 Å². The fraction of sp³-hybridized carbons (Fsp3) is 0.192. The van der Waals surface area contributed by atoms with Gasteiger partial charge in [0.25, 0.3) is 0 Å². The van der Waals surface area contributed by atoms with Crippen LogP contribution in [-0.4, -0.2) is 37.7 Å². The van der Waals surface area contributed by atoms with Crippen molar-refractivity contribution >= 4 is 40.2 Å². The van der Waals surface area contributed by atoms with Crippen molar-refractivity contribution in [2.75, 3.05) is 10.6 Å². The fourth-order valence-corrected chi connectivity index (χ4v) is 3.35. The summed E-state index contributed by atoms with van der Waals surface area (Å²) >= 11 is 0. The van der Waals surface area contributed by atoms with Crippen LogP contribution in [0.5, 0.6) is 5.75 Å². The second-order valence-electron chi connectivity index (χ2n) is 8.84. The van der Waals surface area contributed by atoms with Crippen LogP contribution in [0, 0.1) is 0 Å². The number of carboxylic acids is 1. The molecule has 0 spiro atoms. The van der Waals surface area contributed by atoms with Gasteiger partial charge in [-0.05, 0) is 50.6 Å². The van der Waals surface area contributed by atoms with E-state index in [4.69, 9.17) is 14.6 Å². The third-order valence-electron chi connectivity index (χ3n) is 4.87. The van der Waals surface area contributed by atoms with Crippen molar-refractivity contribution in [3.63, 3.8) is 0 Å². The summed E-state index contributed by atoms with van der Waals surface area (Å²) in [5.41, 5.74) is 0.728. The predicted octanol–water partition coefficient (Wildman–Crippen LogP) is 5.39. The number of ether oxygens (including phenoxy) is 2. The van der Waals surface area contributed by atoms with E-state index < -0.39 is 17.7 Å². The Bertz CT molecular complexity index is 1400. The van der Waals surface area contributed by atoms with Gasteiger partial charge in [0.05, 0.1) is 18.1 Å². The summed E-state index contributed by atoms with van der Waals surface area (Å²) in [4.78, 5) is 35.3. The van der Waals surface area contributed by atoms with E-state index in [0.717, 1.165) is 16.3 Å². The number of pyridine rings is 1. The number of aromatic nitrogens is 3. The third-order valence-corrected chi connectivity index (χ3v) is 4.87. The maximum Gasteiger partial charge on any atom is 0.412 e. The predicted molar refractivity (Wildman–Crippen MR) is 135 cm³/mol. The number of aromatic carboxylic acids is 1. The summed E-state index contributed by atoms with van der Waals surface area (Å²) in [6.07, 6.45) is 3.60. The Morgan fingerprint density at radius 1 is 0.944 bits per heavy atom. The molecule has 4 aromatic rings. The smallest absolute Gasteiger partial charge is 0.412 e.